The zero-order chi connectivity index (χ0) is 9.52. The quantitative estimate of drug-likeness (QED) is 0.568. The molecular formula is C12H21Cl. The molecule has 0 atom stereocenters. The monoisotopic (exact) mass is 200 g/mol. The van der Waals surface area contributed by atoms with Gasteiger partial charge in [-0.2, -0.15) is 0 Å². The van der Waals surface area contributed by atoms with E-state index in [-0.39, 0.29) is 0 Å². The third kappa shape index (κ3) is 4.17. The van der Waals surface area contributed by atoms with Gasteiger partial charge >= 0.3 is 0 Å². The second kappa shape index (κ2) is 6.48. The van der Waals surface area contributed by atoms with Crippen molar-refractivity contribution in [1.29, 1.82) is 0 Å². The molecule has 0 aromatic heterocycles. The van der Waals surface area contributed by atoms with Crippen LogP contribution in [0.2, 0.25) is 0 Å². The van der Waals surface area contributed by atoms with Crippen LogP contribution >= 0.6 is 11.6 Å². The van der Waals surface area contributed by atoms with Gasteiger partial charge in [0.25, 0.3) is 0 Å². The van der Waals surface area contributed by atoms with Crippen molar-refractivity contribution in [3.63, 3.8) is 0 Å². The molecule has 0 unspecified atom stereocenters. The van der Waals surface area contributed by atoms with Crippen LogP contribution in [0.25, 0.3) is 0 Å². The molecule has 0 nitrogen and oxygen atoms in total. The molecule has 1 fully saturated rings. The second-order valence-corrected chi connectivity index (χ2v) is 4.50. The largest absolute Gasteiger partial charge is 0.0892 e. The highest BCUT2D eigenvalue weighted by molar-refractivity contribution is 6.29. The van der Waals surface area contributed by atoms with Crippen molar-refractivity contribution in [2.45, 2.75) is 58.3 Å². The number of rotatable bonds is 4. The molecule has 1 rings (SSSR count). The lowest BCUT2D eigenvalue weighted by atomic mass is 9.88. The third-order valence-corrected chi connectivity index (χ3v) is 3.36. The van der Waals surface area contributed by atoms with E-state index >= 15 is 0 Å². The van der Waals surface area contributed by atoms with Gasteiger partial charge in [0.2, 0.25) is 0 Å². The number of hydrogen-bond donors (Lipinski definition) is 0. The van der Waals surface area contributed by atoms with E-state index in [1.807, 2.05) is 0 Å². The van der Waals surface area contributed by atoms with E-state index in [4.69, 9.17) is 11.6 Å². The molecule has 0 heterocycles. The smallest absolute Gasteiger partial charge is 0.0172 e. The molecule has 1 saturated carbocycles. The summed E-state index contributed by atoms with van der Waals surface area (Å²) < 4.78 is 0. The second-order valence-electron chi connectivity index (χ2n) is 4.07. The van der Waals surface area contributed by atoms with Gasteiger partial charge in [0.1, 0.15) is 0 Å². The fourth-order valence-electron chi connectivity index (χ4n) is 1.99. The van der Waals surface area contributed by atoms with E-state index in [0.717, 1.165) is 5.03 Å². The van der Waals surface area contributed by atoms with Gasteiger partial charge < -0.3 is 0 Å². The van der Waals surface area contributed by atoms with E-state index in [1.165, 1.54) is 51.4 Å². The fourth-order valence-corrected chi connectivity index (χ4v) is 2.32. The van der Waals surface area contributed by atoms with Crippen molar-refractivity contribution >= 4 is 11.6 Å². The Morgan fingerprint density at radius 1 is 1.31 bits per heavy atom. The standard InChI is InChI=1S/C12H21Cl/c1-2-3-5-10-12(13)11-8-6-4-7-9-11/h10-11H,2-9H2,1H3/b12-10-. The maximum absolute atomic E-state index is 6.26. The first-order valence-corrected chi connectivity index (χ1v) is 6.08. The van der Waals surface area contributed by atoms with E-state index in [1.54, 1.807) is 0 Å². The first-order valence-electron chi connectivity index (χ1n) is 5.70. The Morgan fingerprint density at radius 3 is 2.62 bits per heavy atom. The zero-order valence-electron chi connectivity index (χ0n) is 8.69. The van der Waals surface area contributed by atoms with E-state index < -0.39 is 0 Å². The number of unbranched alkanes of at least 4 members (excludes halogenated alkanes) is 2. The molecule has 1 aliphatic rings. The lowest BCUT2D eigenvalue weighted by Gasteiger charge is -2.20. The Balaban J connectivity index is 2.27. The maximum atomic E-state index is 6.26. The molecule has 0 aliphatic heterocycles. The van der Waals surface area contributed by atoms with Gasteiger partial charge in [0.15, 0.2) is 0 Å². The lowest BCUT2D eigenvalue weighted by molar-refractivity contribution is 0.413. The molecule has 1 aliphatic carbocycles. The van der Waals surface area contributed by atoms with Crippen molar-refractivity contribution in [1.82, 2.24) is 0 Å². The highest BCUT2D eigenvalue weighted by atomic mass is 35.5. The third-order valence-electron chi connectivity index (χ3n) is 2.89. The van der Waals surface area contributed by atoms with Crippen LogP contribution in [0.1, 0.15) is 58.3 Å². The maximum Gasteiger partial charge on any atom is 0.0172 e. The molecule has 0 N–H and O–H groups in total. The molecule has 0 bridgehead atoms. The Morgan fingerprint density at radius 2 is 2.00 bits per heavy atom. The SMILES string of the molecule is CCCC/C=C(\Cl)C1CCCCC1. The minimum Gasteiger partial charge on any atom is -0.0892 e. The highest BCUT2D eigenvalue weighted by Gasteiger charge is 2.15. The molecule has 0 saturated heterocycles. The van der Waals surface area contributed by atoms with Crippen LogP contribution in [0.4, 0.5) is 0 Å². The predicted molar refractivity (Wildman–Crippen MR) is 60.0 cm³/mol. The van der Waals surface area contributed by atoms with Crippen molar-refractivity contribution in [3.05, 3.63) is 11.1 Å². The van der Waals surface area contributed by atoms with Crippen molar-refractivity contribution < 1.29 is 0 Å². The van der Waals surface area contributed by atoms with Gasteiger partial charge in [0, 0.05) is 5.03 Å². The minimum absolute atomic E-state index is 0.701. The number of allylic oxidation sites excluding steroid dienone is 2. The average molecular weight is 201 g/mol. The van der Waals surface area contributed by atoms with Crippen LogP contribution in [0.15, 0.2) is 11.1 Å². The van der Waals surface area contributed by atoms with E-state index in [9.17, 15) is 0 Å². The summed E-state index contributed by atoms with van der Waals surface area (Å²) in [4.78, 5) is 0. The molecule has 76 valence electrons. The fraction of sp³-hybridized carbons (Fsp3) is 0.833. The first kappa shape index (κ1) is 11.1. The summed E-state index contributed by atoms with van der Waals surface area (Å²) in [7, 11) is 0. The predicted octanol–water partition coefficient (Wildman–Crippen LogP) is 4.88. The Labute approximate surface area is 87.4 Å². The molecule has 1 heteroatoms. The molecule has 0 radical (unpaired) electrons. The van der Waals surface area contributed by atoms with Gasteiger partial charge in [-0.15, -0.1) is 0 Å². The normalized spacial score (nSPS) is 20.6. The molecule has 0 aromatic rings. The molecule has 0 amide bonds. The zero-order valence-corrected chi connectivity index (χ0v) is 9.45. The molecule has 0 spiro atoms. The topological polar surface area (TPSA) is 0 Å². The summed E-state index contributed by atoms with van der Waals surface area (Å²) in [5.74, 6) is 0.701. The molecule has 0 aromatic carbocycles. The Bertz CT molecular complexity index is 155. The molecular weight excluding hydrogens is 180 g/mol. The number of halogens is 1. The van der Waals surface area contributed by atoms with Gasteiger partial charge in [0.05, 0.1) is 0 Å². The number of hydrogen-bond acceptors (Lipinski definition) is 0. The van der Waals surface area contributed by atoms with E-state index in [2.05, 4.69) is 13.0 Å². The summed E-state index contributed by atoms with van der Waals surface area (Å²) in [5.41, 5.74) is 0. The van der Waals surface area contributed by atoms with E-state index in [0.29, 0.717) is 5.92 Å². The summed E-state index contributed by atoms with van der Waals surface area (Å²) in [5, 5.41) is 1.15. The summed E-state index contributed by atoms with van der Waals surface area (Å²) in [6.07, 6.45) is 12.8. The lowest BCUT2D eigenvalue weighted by Crippen LogP contribution is -2.05. The van der Waals surface area contributed by atoms with Crippen LogP contribution < -0.4 is 0 Å². The van der Waals surface area contributed by atoms with Crippen LogP contribution in [0, 0.1) is 5.92 Å². The summed E-state index contributed by atoms with van der Waals surface area (Å²) >= 11 is 6.26. The Hall–Kier alpha value is 0.0300. The van der Waals surface area contributed by atoms with Gasteiger partial charge in [-0.25, -0.2) is 0 Å². The minimum atomic E-state index is 0.701. The van der Waals surface area contributed by atoms with Crippen LogP contribution in [0.3, 0.4) is 0 Å². The van der Waals surface area contributed by atoms with Crippen LogP contribution in [-0.4, -0.2) is 0 Å². The van der Waals surface area contributed by atoms with Crippen molar-refractivity contribution in [2.75, 3.05) is 0 Å². The van der Waals surface area contributed by atoms with Gasteiger partial charge in [-0.3, -0.25) is 0 Å². The average Bonchev–Trinajstić information content (AvgIpc) is 2.19. The van der Waals surface area contributed by atoms with Crippen LogP contribution in [-0.2, 0) is 0 Å². The van der Waals surface area contributed by atoms with Crippen molar-refractivity contribution in [3.8, 4) is 0 Å². The Kier molecular flexibility index (Phi) is 5.54. The molecule has 13 heavy (non-hydrogen) atoms. The summed E-state index contributed by atoms with van der Waals surface area (Å²) in [6, 6.07) is 0. The van der Waals surface area contributed by atoms with Crippen molar-refractivity contribution in [2.24, 2.45) is 5.92 Å². The van der Waals surface area contributed by atoms with Gasteiger partial charge in [-0.1, -0.05) is 56.7 Å². The van der Waals surface area contributed by atoms with Crippen LogP contribution in [0.5, 0.6) is 0 Å². The van der Waals surface area contributed by atoms with Gasteiger partial charge in [-0.05, 0) is 25.2 Å². The highest BCUT2D eigenvalue weighted by Crippen LogP contribution is 2.31. The summed E-state index contributed by atoms with van der Waals surface area (Å²) in [6.45, 7) is 2.22. The first-order chi connectivity index (χ1) is 6.34.